The minimum absolute atomic E-state index is 0.0548. The fourth-order valence-electron chi connectivity index (χ4n) is 2.26. The van der Waals surface area contributed by atoms with Gasteiger partial charge in [0.1, 0.15) is 5.75 Å². The molecule has 1 atom stereocenters. The third kappa shape index (κ3) is 4.73. The van der Waals surface area contributed by atoms with Crippen LogP contribution in [0.5, 0.6) is 5.75 Å². The molecule has 2 aromatic rings. The topological polar surface area (TPSA) is 35.2 Å². The highest BCUT2D eigenvalue weighted by Crippen LogP contribution is 2.28. The summed E-state index contributed by atoms with van der Waals surface area (Å²) in [5.74, 6) is -0.253. The van der Waals surface area contributed by atoms with Gasteiger partial charge in [0, 0.05) is 0 Å². The number of nitrogens with two attached hydrogens (primary N) is 1. The molecule has 0 aromatic heterocycles. The van der Waals surface area contributed by atoms with Crippen molar-refractivity contribution in [3.8, 4) is 5.75 Å². The summed E-state index contributed by atoms with van der Waals surface area (Å²) in [4.78, 5) is 0. The molecule has 124 valence electrons. The van der Waals surface area contributed by atoms with Crippen LogP contribution < -0.4 is 10.5 Å². The third-order valence-electron chi connectivity index (χ3n) is 3.61. The van der Waals surface area contributed by atoms with Crippen molar-refractivity contribution in [1.82, 2.24) is 0 Å². The molecule has 0 spiro atoms. The number of rotatable bonds is 3. The number of benzene rings is 2. The van der Waals surface area contributed by atoms with Gasteiger partial charge in [0.25, 0.3) is 0 Å². The molecule has 2 N–H and O–H groups in total. The number of ether oxygens (including phenoxy) is 1. The number of halogens is 3. The van der Waals surface area contributed by atoms with Crippen LogP contribution >= 0.6 is 0 Å². The molecular weight excluding hydrogens is 303 g/mol. The van der Waals surface area contributed by atoms with Crippen molar-refractivity contribution in [2.75, 3.05) is 0 Å². The molecule has 0 radical (unpaired) electrons. The van der Waals surface area contributed by atoms with Crippen LogP contribution in [0.2, 0.25) is 0 Å². The van der Waals surface area contributed by atoms with E-state index < -0.39 is 12.4 Å². The molecule has 0 amide bonds. The van der Waals surface area contributed by atoms with Gasteiger partial charge in [-0.05, 0) is 34.2 Å². The molecule has 0 unspecified atom stereocenters. The Hall–Kier alpha value is -2.01. The van der Waals surface area contributed by atoms with Crippen LogP contribution in [0.25, 0.3) is 0 Å². The first-order chi connectivity index (χ1) is 10.6. The monoisotopic (exact) mass is 323 g/mol. The molecule has 23 heavy (non-hydrogen) atoms. The van der Waals surface area contributed by atoms with E-state index in [1.165, 1.54) is 17.7 Å². The highest BCUT2D eigenvalue weighted by Gasteiger charge is 2.31. The van der Waals surface area contributed by atoms with E-state index in [9.17, 15) is 13.2 Å². The fraction of sp³-hybridized carbons (Fsp3) is 0.333. The average molecular weight is 323 g/mol. The molecule has 0 aliphatic heterocycles. The number of hydrogen-bond acceptors (Lipinski definition) is 2. The van der Waals surface area contributed by atoms with Gasteiger partial charge in [0.2, 0.25) is 0 Å². The lowest BCUT2D eigenvalue weighted by Crippen LogP contribution is -2.17. The van der Waals surface area contributed by atoms with E-state index >= 15 is 0 Å². The second-order valence-corrected chi connectivity index (χ2v) is 6.47. The lowest BCUT2D eigenvalue weighted by molar-refractivity contribution is -0.274. The third-order valence-corrected chi connectivity index (χ3v) is 3.61. The molecule has 0 heterocycles. The highest BCUT2D eigenvalue weighted by molar-refractivity contribution is 5.37. The molecule has 0 fully saturated rings. The summed E-state index contributed by atoms with van der Waals surface area (Å²) in [6.07, 6.45) is -4.69. The summed E-state index contributed by atoms with van der Waals surface area (Å²) in [5.41, 5.74) is 9.07. The standard InChI is InChI=1S/C18H20F3NO/c1-17(2,3)14-8-4-12(5-9-14)16(22)13-6-10-15(11-7-13)23-18(19,20)21/h4-11,16H,22H2,1-3H3/t16-/m1/s1. The Bertz CT molecular complexity index is 640. The van der Waals surface area contributed by atoms with Crippen molar-refractivity contribution in [1.29, 1.82) is 0 Å². The van der Waals surface area contributed by atoms with Crippen LogP contribution in [0.3, 0.4) is 0 Å². The summed E-state index contributed by atoms with van der Waals surface area (Å²) in [6.45, 7) is 6.38. The van der Waals surface area contributed by atoms with E-state index in [1.54, 1.807) is 12.1 Å². The molecular formula is C18H20F3NO. The van der Waals surface area contributed by atoms with Gasteiger partial charge < -0.3 is 10.5 Å². The van der Waals surface area contributed by atoms with Crippen molar-refractivity contribution in [2.24, 2.45) is 5.73 Å². The van der Waals surface area contributed by atoms with E-state index in [1.807, 2.05) is 24.3 Å². The maximum absolute atomic E-state index is 12.2. The van der Waals surface area contributed by atoms with Crippen LogP contribution in [0.15, 0.2) is 48.5 Å². The Balaban J connectivity index is 2.15. The van der Waals surface area contributed by atoms with Crippen molar-refractivity contribution in [2.45, 2.75) is 38.6 Å². The van der Waals surface area contributed by atoms with Gasteiger partial charge in [-0.1, -0.05) is 57.2 Å². The average Bonchev–Trinajstić information content (AvgIpc) is 2.45. The number of hydrogen-bond donors (Lipinski definition) is 1. The number of alkyl halides is 3. The normalized spacial score (nSPS) is 13.7. The molecule has 5 heteroatoms. The first-order valence-corrected chi connectivity index (χ1v) is 7.28. The second kappa shape index (κ2) is 6.24. The van der Waals surface area contributed by atoms with E-state index in [2.05, 4.69) is 25.5 Å². The minimum Gasteiger partial charge on any atom is -0.406 e. The van der Waals surface area contributed by atoms with Crippen LogP contribution in [0.1, 0.15) is 43.5 Å². The zero-order valence-corrected chi connectivity index (χ0v) is 13.3. The van der Waals surface area contributed by atoms with E-state index in [-0.39, 0.29) is 11.2 Å². The first-order valence-electron chi connectivity index (χ1n) is 7.28. The Morgan fingerprint density at radius 2 is 1.26 bits per heavy atom. The lowest BCUT2D eigenvalue weighted by atomic mass is 9.86. The van der Waals surface area contributed by atoms with Crippen molar-refractivity contribution in [3.63, 3.8) is 0 Å². The molecule has 2 nitrogen and oxygen atoms in total. The SMILES string of the molecule is CC(C)(C)c1ccc([C@@H](N)c2ccc(OC(F)(F)F)cc2)cc1. The van der Waals surface area contributed by atoms with Crippen LogP contribution in [0, 0.1) is 0 Å². The Morgan fingerprint density at radius 3 is 1.65 bits per heavy atom. The maximum atomic E-state index is 12.2. The Labute approximate surface area is 134 Å². The summed E-state index contributed by atoms with van der Waals surface area (Å²) in [6, 6.07) is 13.2. The fourth-order valence-corrected chi connectivity index (χ4v) is 2.26. The Morgan fingerprint density at radius 1 is 0.826 bits per heavy atom. The summed E-state index contributed by atoms with van der Waals surface area (Å²) >= 11 is 0. The van der Waals surface area contributed by atoms with Gasteiger partial charge in [-0.15, -0.1) is 13.2 Å². The predicted molar refractivity (Wildman–Crippen MR) is 84.3 cm³/mol. The van der Waals surface area contributed by atoms with E-state index in [0.29, 0.717) is 0 Å². The van der Waals surface area contributed by atoms with Crippen molar-refractivity contribution >= 4 is 0 Å². The largest absolute Gasteiger partial charge is 0.573 e. The molecule has 2 rings (SSSR count). The van der Waals surface area contributed by atoms with Gasteiger partial charge in [0.05, 0.1) is 6.04 Å². The smallest absolute Gasteiger partial charge is 0.406 e. The highest BCUT2D eigenvalue weighted by atomic mass is 19.4. The van der Waals surface area contributed by atoms with Crippen molar-refractivity contribution < 1.29 is 17.9 Å². The molecule has 0 saturated heterocycles. The van der Waals surface area contributed by atoms with Gasteiger partial charge in [0.15, 0.2) is 0 Å². The zero-order chi connectivity index (χ0) is 17.3. The zero-order valence-electron chi connectivity index (χ0n) is 13.3. The quantitative estimate of drug-likeness (QED) is 0.869. The van der Waals surface area contributed by atoms with Gasteiger partial charge in [-0.25, -0.2) is 0 Å². The van der Waals surface area contributed by atoms with Crippen LogP contribution in [-0.4, -0.2) is 6.36 Å². The Kier molecular flexibility index (Phi) is 4.71. The second-order valence-electron chi connectivity index (χ2n) is 6.47. The molecule has 2 aromatic carbocycles. The molecule has 0 aliphatic carbocycles. The van der Waals surface area contributed by atoms with Crippen LogP contribution in [0.4, 0.5) is 13.2 Å². The van der Waals surface area contributed by atoms with Gasteiger partial charge >= 0.3 is 6.36 Å². The summed E-state index contributed by atoms with van der Waals surface area (Å²) in [5, 5.41) is 0. The van der Waals surface area contributed by atoms with Crippen molar-refractivity contribution in [3.05, 3.63) is 65.2 Å². The van der Waals surface area contributed by atoms with E-state index in [0.717, 1.165) is 11.1 Å². The van der Waals surface area contributed by atoms with Gasteiger partial charge in [-0.3, -0.25) is 0 Å². The maximum Gasteiger partial charge on any atom is 0.573 e. The lowest BCUT2D eigenvalue weighted by Gasteiger charge is -2.20. The van der Waals surface area contributed by atoms with E-state index in [4.69, 9.17) is 5.73 Å². The minimum atomic E-state index is -4.69. The molecule has 0 saturated carbocycles. The summed E-state index contributed by atoms with van der Waals surface area (Å²) in [7, 11) is 0. The summed E-state index contributed by atoms with van der Waals surface area (Å²) < 4.78 is 40.3. The molecule has 0 aliphatic rings. The van der Waals surface area contributed by atoms with Gasteiger partial charge in [-0.2, -0.15) is 0 Å². The first kappa shape index (κ1) is 17.3. The predicted octanol–water partition coefficient (Wildman–Crippen LogP) is 4.93. The van der Waals surface area contributed by atoms with Crippen LogP contribution in [-0.2, 0) is 5.41 Å². The molecule has 0 bridgehead atoms.